The number of nitrogens with one attached hydrogen (secondary N) is 2. The Morgan fingerprint density at radius 1 is 1.04 bits per heavy atom. The molecule has 1 heterocycles. The van der Waals surface area contributed by atoms with Crippen molar-refractivity contribution in [1.82, 2.24) is 10.2 Å². The highest BCUT2D eigenvalue weighted by atomic mass is 35.5. The van der Waals surface area contributed by atoms with E-state index in [-0.39, 0.29) is 16.6 Å². The molecule has 2 N–H and O–H groups in total. The van der Waals surface area contributed by atoms with E-state index in [1.807, 2.05) is 0 Å². The number of anilines is 1. The first-order valence-electron chi connectivity index (χ1n) is 8.48. The van der Waals surface area contributed by atoms with Gasteiger partial charge in [-0.3, -0.25) is 14.9 Å². The first kappa shape index (κ1) is 20.5. The van der Waals surface area contributed by atoms with Gasteiger partial charge in [-0.15, -0.1) is 0 Å². The van der Waals surface area contributed by atoms with Crippen LogP contribution in [-0.2, 0) is 4.74 Å². The average molecular weight is 438 g/mol. The lowest BCUT2D eigenvalue weighted by molar-refractivity contribution is 0.0303. The van der Waals surface area contributed by atoms with Crippen molar-refractivity contribution in [2.45, 2.75) is 0 Å². The van der Waals surface area contributed by atoms with Gasteiger partial charge in [-0.25, -0.2) is 0 Å². The molecule has 146 valence electrons. The van der Waals surface area contributed by atoms with E-state index >= 15 is 0 Å². The number of amides is 2. The lowest BCUT2D eigenvalue weighted by Crippen LogP contribution is -2.41. The predicted octanol–water partition coefficient (Wildman–Crippen LogP) is 3.59. The molecule has 9 heteroatoms. The fraction of sp³-hybridized carbons (Fsp3) is 0.211. The van der Waals surface area contributed by atoms with E-state index in [0.29, 0.717) is 47.6 Å². The van der Waals surface area contributed by atoms with E-state index in [4.69, 9.17) is 40.2 Å². The van der Waals surface area contributed by atoms with Crippen molar-refractivity contribution in [1.29, 1.82) is 0 Å². The Kier molecular flexibility index (Phi) is 6.85. The lowest BCUT2D eigenvalue weighted by Gasteiger charge is -2.27. The molecule has 6 nitrogen and oxygen atoms in total. The quantitative estimate of drug-likeness (QED) is 0.717. The van der Waals surface area contributed by atoms with Gasteiger partial charge in [0.2, 0.25) is 0 Å². The predicted molar refractivity (Wildman–Crippen MR) is 113 cm³/mol. The van der Waals surface area contributed by atoms with E-state index in [0.717, 1.165) is 0 Å². The van der Waals surface area contributed by atoms with Gasteiger partial charge in [-0.1, -0.05) is 35.3 Å². The number of carbonyl (C=O) groups excluding carboxylic acids is 2. The number of nitrogens with zero attached hydrogens (tertiary/aromatic N) is 1. The summed E-state index contributed by atoms with van der Waals surface area (Å²) in [6.07, 6.45) is 0. The highest BCUT2D eigenvalue weighted by Gasteiger charge is 2.21. The zero-order valence-electron chi connectivity index (χ0n) is 14.7. The van der Waals surface area contributed by atoms with E-state index in [9.17, 15) is 9.59 Å². The van der Waals surface area contributed by atoms with Gasteiger partial charge < -0.3 is 15.0 Å². The zero-order valence-corrected chi connectivity index (χ0v) is 17.0. The molecule has 0 bridgehead atoms. The molecular formula is C19H17Cl2N3O3S. The number of hydrogen-bond acceptors (Lipinski definition) is 4. The van der Waals surface area contributed by atoms with Gasteiger partial charge in [-0.2, -0.15) is 0 Å². The van der Waals surface area contributed by atoms with Crippen LogP contribution in [0.2, 0.25) is 10.0 Å². The number of ether oxygens (including phenoxy) is 1. The Bertz CT molecular complexity index is 897. The van der Waals surface area contributed by atoms with Crippen LogP contribution >= 0.6 is 35.4 Å². The van der Waals surface area contributed by atoms with E-state index in [1.54, 1.807) is 29.2 Å². The maximum Gasteiger partial charge on any atom is 0.257 e. The second-order valence-corrected chi connectivity index (χ2v) is 7.30. The normalized spacial score (nSPS) is 13.7. The SMILES string of the molecule is O=C(NC(=S)Nc1ccccc1C(=O)N1CCOCC1)c1cc(Cl)cc(Cl)c1. The molecule has 1 aliphatic heterocycles. The molecule has 2 aromatic rings. The third-order valence-electron chi connectivity index (χ3n) is 4.06. The minimum absolute atomic E-state index is 0.0586. The Hall–Kier alpha value is -2.19. The van der Waals surface area contributed by atoms with E-state index < -0.39 is 5.91 Å². The van der Waals surface area contributed by atoms with Crippen LogP contribution in [0.5, 0.6) is 0 Å². The highest BCUT2D eigenvalue weighted by Crippen LogP contribution is 2.20. The van der Waals surface area contributed by atoms with Crippen molar-refractivity contribution in [3.8, 4) is 0 Å². The number of benzene rings is 2. The molecule has 1 fully saturated rings. The molecule has 0 saturated carbocycles. The van der Waals surface area contributed by atoms with Crippen LogP contribution in [0.1, 0.15) is 20.7 Å². The minimum Gasteiger partial charge on any atom is -0.378 e. The molecule has 2 amide bonds. The third kappa shape index (κ3) is 5.20. The molecule has 0 aliphatic carbocycles. The molecule has 0 unspecified atom stereocenters. The molecule has 0 spiro atoms. The standard InChI is InChI=1S/C19H17Cl2N3O3S/c20-13-9-12(10-14(21)11-13)17(25)23-19(28)22-16-4-2-1-3-15(16)18(26)24-5-7-27-8-6-24/h1-4,9-11H,5-8H2,(H2,22,23,25,28). The summed E-state index contributed by atoms with van der Waals surface area (Å²) in [5, 5.41) is 6.23. The number of morpholine rings is 1. The van der Waals surface area contributed by atoms with Gasteiger partial charge in [0.05, 0.1) is 24.5 Å². The summed E-state index contributed by atoms with van der Waals surface area (Å²) in [6.45, 7) is 2.09. The number of hydrogen-bond donors (Lipinski definition) is 2. The molecule has 1 saturated heterocycles. The molecule has 1 aliphatic rings. The molecule has 2 aromatic carbocycles. The van der Waals surface area contributed by atoms with Crippen LogP contribution in [0.25, 0.3) is 0 Å². The summed E-state index contributed by atoms with van der Waals surface area (Å²) in [5.74, 6) is -0.582. The summed E-state index contributed by atoms with van der Waals surface area (Å²) >= 11 is 17.1. The first-order valence-corrected chi connectivity index (χ1v) is 9.65. The number of thiocarbonyl (C=S) groups is 1. The average Bonchev–Trinajstić information content (AvgIpc) is 2.67. The fourth-order valence-corrected chi connectivity index (χ4v) is 3.46. The van der Waals surface area contributed by atoms with Gasteiger partial charge in [-0.05, 0) is 42.5 Å². The van der Waals surface area contributed by atoms with E-state index in [1.165, 1.54) is 18.2 Å². The van der Waals surface area contributed by atoms with Crippen molar-refractivity contribution in [2.24, 2.45) is 0 Å². The highest BCUT2D eigenvalue weighted by molar-refractivity contribution is 7.80. The summed E-state index contributed by atoms with van der Waals surface area (Å²) < 4.78 is 5.29. The van der Waals surface area contributed by atoms with Crippen LogP contribution in [0.3, 0.4) is 0 Å². The molecule has 3 rings (SSSR count). The van der Waals surface area contributed by atoms with Crippen LogP contribution in [-0.4, -0.2) is 48.1 Å². The minimum atomic E-state index is -0.459. The number of para-hydroxylation sites is 1. The van der Waals surface area contributed by atoms with Crippen molar-refractivity contribution >= 4 is 58.0 Å². The molecular weight excluding hydrogens is 421 g/mol. The maximum atomic E-state index is 12.8. The third-order valence-corrected chi connectivity index (χ3v) is 4.70. The Morgan fingerprint density at radius 2 is 1.68 bits per heavy atom. The monoisotopic (exact) mass is 437 g/mol. The van der Waals surface area contributed by atoms with E-state index in [2.05, 4.69) is 10.6 Å². The molecule has 0 radical (unpaired) electrons. The number of halogens is 2. The number of rotatable bonds is 3. The van der Waals surface area contributed by atoms with Crippen molar-refractivity contribution in [3.63, 3.8) is 0 Å². The topological polar surface area (TPSA) is 70.7 Å². The Balaban J connectivity index is 1.70. The lowest BCUT2D eigenvalue weighted by atomic mass is 10.1. The summed E-state index contributed by atoms with van der Waals surface area (Å²) in [4.78, 5) is 26.9. The van der Waals surface area contributed by atoms with Crippen LogP contribution in [0.15, 0.2) is 42.5 Å². The second-order valence-electron chi connectivity index (χ2n) is 6.02. The summed E-state index contributed by atoms with van der Waals surface area (Å²) in [5.41, 5.74) is 1.25. The van der Waals surface area contributed by atoms with Gasteiger partial charge in [0.1, 0.15) is 0 Å². The van der Waals surface area contributed by atoms with Crippen molar-refractivity contribution in [2.75, 3.05) is 31.6 Å². The van der Waals surface area contributed by atoms with Crippen LogP contribution in [0.4, 0.5) is 5.69 Å². The Morgan fingerprint density at radius 3 is 2.36 bits per heavy atom. The van der Waals surface area contributed by atoms with Gasteiger partial charge >= 0.3 is 0 Å². The van der Waals surface area contributed by atoms with Crippen molar-refractivity contribution in [3.05, 3.63) is 63.6 Å². The Labute approximate surface area is 177 Å². The largest absolute Gasteiger partial charge is 0.378 e. The molecule has 0 aromatic heterocycles. The molecule has 0 atom stereocenters. The van der Waals surface area contributed by atoms with Gasteiger partial charge in [0.25, 0.3) is 11.8 Å². The molecule has 28 heavy (non-hydrogen) atoms. The van der Waals surface area contributed by atoms with Gasteiger partial charge in [0, 0.05) is 28.7 Å². The smallest absolute Gasteiger partial charge is 0.257 e. The number of carbonyl (C=O) groups is 2. The second kappa shape index (κ2) is 9.34. The van der Waals surface area contributed by atoms with Crippen LogP contribution < -0.4 is 10.6 Å². The van der Waals surface area contributed by atoms with Crippen LogP contribution in [0, 0.1) is 0 Å². The zero-order chi connectivity index (χ0) is 20.1. The first-order chi connectivity index (χ1) is 13.4. The maximum absolute atomic E-state index is 12.8. The fourth-order valence-electron chi connectivity index (χ4n) is 2.73. The van der Waals surface area contributed by atoms with Crippen molar-refractivity contribution < 1.29 is 14.3 Å². The summed E-state index contributed by atoms with van der Waals surface area (Å²) in [7, 11) is 0. The summed E-state index contributed by atoms with van der Waals surface area (Å²) in [6, 6.07) is 11.5. The van der Waals surface area contributed by atoms with Gasteiger partial charge in [0.15, 0.2) is 5.11 Å².